The van der Waals surface area contributed by atoms with Gasteiger partial charge in [0.05, 0.1) is 12.8 Å². The van der Waals surface area contributed by atoms with Crippen LogP contribution in [0.3, 0.4) is 0 Å². The molecule has 0 aliphatic heterocycles. The maximum absolute atomic E-state index is 12.4. The van der Waals surface area contributed by atoms with Gasteiger partial charge in [0.15, 0.2) is 0 Å². The van der Waals surface area contributed by atoms with Crippen molar-refractivity contribution in [2.45, 2.75) is 13.3 Å². The van der Waals surface area contributed by atoms with Gasteiger partial charge in [0.2, 0.25) is 0 Å². The molecule has 0 aliphatic carbocycles. The summed E-state index contributed by atoms with van der Waals surface area (Å²) >= 11 is 0. The van der Waals surface area contributed by atoms with Crippen molar-refractivity contribution in [3.8, 4) is 11.4 Å². The first-order chi connectivity index (χ1) is 12.2. The number of rotatable bonds is 4. The summed E-state index contributed by atoms with van der Waals surface area (Å²) < 4.78 is 7.01. The molecule has 0 aliphatic rings. The highest BCUT2D eigenvalue weighted by Crippen LogP contribution is 2.25. The molecule has 0 radical (unpaired) electrons. The zero-order chi connectivity index (χ0) is 17.4. The van der Waals surface area contributed by atoms with Crippen molar-refractivity contribution in [2.24, 2.45) is 0 Å². The molecule has 6 nitrogen and oxygen atoms in total. The SMILES string of the molecule is COc1ccc(C)cc1-n1c(Cc2c[nH]c3ccccc23)n[nH]c1=O. The average Bonchev–Trinajstić information content (AvgIpc) is 3.19. The fourth-order valence-corrected chi connectivity index (χ4v) is 3.12. The largest absolute Gasteiger partial charge is 0.495 e. The maximum Gasteiger partial charge on any atom is 0.348 e. The molecular weight excluding hydrogens is 316 g/mol. The molecule has 2 N–H and O–H groups in total. The minimum atomic E-state index is -0.279. The Hall–Kier alpha value is -3.28. The van der Waals surface area contributed by atoms with Crippen molar-refractivity contribution in [3.63, 3.8) is 0 Å². The number of aromatic nitrogens is 4. The molecule has 2 heterocycles. The van der Waals surface area contributed by atoms with Crippen LogP contribution in [0.15, 0.2) is 53.5 Å². The fraction of sp³-hybridized carbons (Fsp3) is 0.158. The molecule has 0 atom stereocenters. The summed E-state index contributed by atoms with van der Waals surface area (Å²) in [6, 6.07) is 13.8. The Morgan fingerprint density at radius 2 is 2.04 bits per heavy atom. The van der Waals surface area contributed by atoms with E-state index in [9.17, 15) is 4.79 Å². The number of hydrogen-bond donors (Lipinski definition) is 2. The van der Waals surface area contributed by atoms with Crippen molar-refractivity contribution >= 4 is 10.9 Å². The Bertz CT molecular complexity index is 1100. The van der Waals surface area contributed by atoms with E-state index in [1.165, 1.54) is 0 Å². The van der Waals surface area contributed by atoms with Gasteiger partial charge in [-0.15, -0.1) is 0 Å². The standard InChI is InChI=1S/C19H18N4O2/c1-12-7-8-17(25-2)16(9-12)23-18(21-22-19(23)24)10-13-11-20-15-6-4-3-5-14(13)15/h3-9,11,20H,10H2,1-2H3,(H,22,24). The van der Waals surface area contributed by atoms with Gasteiger partial charge < -0.3 is 9.72 Å². The van der Waals surface area contributed by atoms with E-state index in [1.54, 1.807) is 11.7 Å². The predicted octanol–water partition coefficient (Wildman–Crippen LogP) is 2.95. The second kappa shape index (κ2) is 5.98. The molecule has 0 amide bonds. The Morgan fingerprint density at radius 1 is 1.20 bits per heavy atom. The first kappa shape index (κ1) is 15.3. The third-order valence-electron chi connectivity index (χ3n) is 4.34. The van der Waals surface area contributed by atoms with Gasteiger partial charge in [-0.3, -0.25) is 0 Å². The lowest BCUT2D eigenvalue weighted by Gasteiger charge is -2.11. The second-order valence-electron chi connectivity index (χ2n) is 5.99. The number of hydrogen-bond acceptors (Lipinski definition) is 3. The minimum Gasteiger partial charge on any atom is -0.495 e. The normalized spacial score (nSPS) is 11.1. The highest BCUT2D eigenvalue weighted by molar-refractivity contribution is 5.83. The van der Waals surface area contributed by atoms with Crippen molar-refractivity contribution < 1.29 is 4.74 Å². The number of methoxy groups -OCH3 is 1. The lowest BCUT2D eigenvalue weighted by Crippen LogP contribution is -2.18. The molecule has 0 fully saturated rings. The molecule has 6 heteroatoms. The molecule has 0 spiro atoms. The van der Waals surface area contributed by atoms with Crippen LogP contribution in [0.5, 0.6) is 5.75 Å². The molecule has 0 saturated carbocycles. The summed E-state index contributed by atoms with van der Waals surface area (Å²) in [4.78, 5) is 15.6. The van der Waals surface area contributed by atoms with Crippen LogP contribution in [-0.4, -0.2) is 26.9 Å². The van der Waals surface area contributed by atoms with Crippen LogP contribution in [0.1, 0.15) is 17.0 Å². The third-order valence-corrected chi connectivity index (χ3v) is 4.34. The van der Waals surface area contributed by atoms with Gasteiger partial charge in [0.25, 0.3) is 0 Å². The first-order valence-corrected chi connectivity index (χ1v) is 8.03. The minimum absolute atomic E-state index is 0.279. The van der Waals surface area contributed by atoms with Gasteiger partial charge >= 0.3 is 5.69 Å². The highest BCUT2D eigenvalue weighted by atomic mass is 16.5. The van der Waals surface area contributed by atoms with E-state index in [0.717, 1.165) is 22.0 Å². The summed E-state index contributed by atoms with van der Waals surface area (Å²) in [5.74, 6) is 1.27. The molecule has 25 heavy (non-hydrogen) atoms. The Morgan fingerprint density at radius 3 is 2.88 bits per heavy atom. The molecule has 126 valence electrons. The molecule has 2 aromatic carbocycles. The Labute approximate surface area is 144 Å². The Balaban J connectivity index is 1.84. The second-order valence-corrected chi connectivity index (χ2v) is 5.99. The third kappa shape index (κ3) is 2.61. The van der Waals surface area contributed by atoms with Gasteiger partial charge in [-0.25, -0.2) is 14.5 Å². The number of nitrogens with one attached hydrogen (secondary N) is 2. The van der Waals surface area contributed by atoms with Crippen LogP contribution < -0.4 is 10.4 Å². The number of aryl methyl sites for hydroxylation is 1. The smallest absolute Gasteiger partial charge is 0.348 e. The Kier molecular flexibility index (Phi) is 3.65. The van der Waals surface area contributed by atoms with Crippen molar-refractivity contribution in [1.29, 1.82) is 0 Å². The molecular formula is C19H18N4O2. The first-order valence-electron chi connectivity index (χ1n) is 8.03. The molecule has 0 bridgehead atoms. The molecule has 4 aromatic rings. The maximum atomic E-state index is 12.4. The lowest BCUT2D eigenvalue weighted by atomic mass is 10.1. The van der Waals surface area contributed by atoms with E-state index < -0.39 is 0 Å². The summed E-state index contributed by atoms with van der Waals surface area (Å²) in [7, 11) is 1.60. The van der Waals surface area contributed by atoms with Gasteiger partial charge in [0, 0.05) is 23.5 Å². The lowest BCUT2D eigenvalue weighted by molar-refractivity contribution is 0.412. The van der Waals surface area contributed by atoms with Gasteiger partial charge in [0.1, 0.15) is 11.6 Å². The van der Waals surface area contributed by atoms with Crippen LogP contribution in [-0.2, 0) is 6.42 Å². The van der Waals surface area contributed by atoms with Crippen LogP contribution >= 0.6 is 0 Å². The molecule has 0 unspecified atom stereocenters. The molecule has 2 aromatic heterocycles. The van der Waals surface area contributed by atoms with Crippen LogP contribution in [0.2, 0.25) is 0 Å². The number of benzene rings is 2. The van der Waals surface area contributed by atoms with E-state index in [-0.39, 0.29) is 5.69 Å². The molecule has 0 saturated heterocycles. The summed E-state index contributed by atoms with van der Waals surface area (Å²) in [6.45, 7) is 1.98. The zero-order valence-corrected chi connectivity index (χ0v) is 14.0. The summed E-state index contributed by atoms with van der Waals surface area (Å²) in [5.41, 5.74) is 3.61. The van der Waals surface area contributed by atoms with E-state index >= 15 is 0 Å². The average molecular weight is 334 g/mol. The predicted molar refractivity (Wildman–Crippen MR) is 96.6 cm³/mol. The van der Waals surface area contributed by atoms with Crippen LogP contribution in [0.25, 0.3) is 16.6 Å². The number of nitrogens with zero attached hydrogens (tertiary/aromatic N) is 2. The summed E-state index contributed by atoms with van der Waals surface area (Å²) in [6.07, 6.45) is 2.49. The monoisotopic (exact) mass is 334 g/mol. The number of H-pyrrole nitrogens is 2. The quantitative estimate of drug-likeness (QED) is 0.602. The highest BCUT2D eigenvalue weighted by Gasteiger charge is 2.16. The van der Waals surface area contributed by atoms with Gasteiger partial charge in [-0.1, -0.05) is 24.3 Å². The van der Waals surface area contributed by atoms with E-state index in [2.05, 4.69) is 21.2 Å². The van der Waals surface area contributed by atoms with Crippen LogP contribution in [0, 0.1) is 6.92 Å². The van der Waals surface area contributed by atoms with Crippen LogP contribution in [0.4, 0.5) is 0 Å². The van der Waals surface area contributed by atoms with Gasteiger partial charge in [-0.05, 0) is 36.2 Å². The van der Waals surface area contributed by atoms with E-state index in [4.69, 9.17) is 4.74 Å². The van der Waals surface area contributed by atoms with Gasteiger partial charge in [-0.2, -0.15) is 5.10 Å². The van der Waals surface area contributed by atoms with Crippen molar-refractivity contribution in [2.75, 3.05) is 7.11 Å². The number of fused-ring (bicyclic) bond motifs is 1. The van der Waals surface area contributed by atoms with Crippen molar-refractivity contribution in [1.82, 2.24) is 19.7 Å². The topological polar surface area (TPSA) is 75.7 Å². The molecule has 4 rings (SSSR count). The van der Waals surface area contributed by atoms with E-state index in [0.29, 0.717) is 23.7 Å². The summed E-state index contributed by atoms with van der Waals surface area (Å²) in [5, 5.41) is 7.92. The zero-order valence-electron chi connectivity index (χ0n) is 14.0. The fourth-order valence-electron chi connectivity index (χ4n) is 3.12. The van der Waals surface area contributed by atoms with E-state index in [1.807, 2.05) is 49.5 Å². The number of para-hydroxylation sites is 1. The number of ether oxygens (including phenoxy) is 1. The van der Waals surface area contributed by atoms with Crippen molar-refractivity contribution in [3.05, 3.63) is 76.1 Å². The number of aromatic amines is 2.